The lowest BCUT2D eigenvalue weighted by atomic mass is 10.0. The van der Waals surface area contributed by atoms with Crippen molar-refractivity contribution < 1.29 is 10.2 Å². The Morgan fingerprint density at radius 3 is 2.90 bits per heavy atom. The molecule has 5 nitrogen and oxygen atoms in total. The van der Waals surface area contributed by atoms with Crippen molar-refractivity contribution in [1.29, 1.82) is 0 Å². The quantitative estimate of drug-likeness (QED) is 0.853. The first-order chi connectivity index (χ1) is 9.61. The van der Waals surface area contributed by atoms with E-state index in [2.05, 4.69) is 11.8 Å². The molecule has 0 spiro atoms. The van der Waals surface area contributed by atoms with Crippen LogP contribution in [0.2, 0.25) is 0 Å². The summed E-state index contributed by atoms with van der Waals surface area (Å²) in [5.41, 5.74) is 0.583. The molecule has 1 atom stereocenters. The number of hydrogen-bond donors (Lipinski definition) is 2. The summed E-state index contributed by atoms with van der Waals surface area (Å²) in [5, 5.41) is 18.5. The summed E-state index contributed by atoms with van der Waals surface area (Å²) >= 11 is 0. The van der Waals surface area contributed by atoms with Gasteiger partial charge in [0.05, 0.1) is 6.20 Å². The Labute approximate surface area is 119 Å². The van der Waals surface area contributed by atoms with E-state index in [1.165, 1.54) is 31.5 Å². The number of aryl methyl sites for hydroxylation is 1. The Kier molecular flexibility index (Phi) is 5.20. The van der Waals surface area contributed by atoms with Crippen LogP contribution in [0, 0.1) is 0 Å². The van der Waals surface area contributed by atoms with Gasteiger partial charge in [-0.1, -0.05) is 6.42 Å². The minimum atomic E-state index is -0.329. The van der Waals surface area contributed by atoms with Gasteiger partial charge in [0, 0.05) is 37.5 Å². The van der Waals surface area contributed by atoms with Crippen LogP contribution in [0.25, 0.3) is 0 Å². The molecule has 1 aromatic heterocycles. The summed E-state index contributed by atoms with van der Waals surface area (Å²) in [6.45, 7) is 4.71. The number of rotatable bonds is 5. The van der Waals surface area contributed by atoms with Crippen LogP contribution in [0.15, 0.2) is 17.1 Å². The predicted octanol–water partition coefficient (Wildman–Crippen LogP) is 1.31. The Bertz CT molecular complexity index is 498. The van der Waals surface area contributed by atoms with Crippen LogP contribution < -0.4 is 5.43 Å². The van der Waals surface area contributed by atoms with Gasteiger partial charge in [0.1, 0.15) is 0 Å². The largest absolute Gasteiger partial charge is 0.503 e. The molecule has 2 heterocycles. The molecule has 0 aromatic carbocycles. The second-order valence-electron chi connectivity index (χ2n) is 5.60. The SMILES string of the molecule is CC1CCCCN1Cc1cc(=O)c(O)cn1CCCO. The molecule has 112 valence electrons. The lowest BCUT2D eigenvalue weighted by molar-refractivity contribution is 0.148. The number of aliphatic hydroxyl groups excluding tert-OH is 1. The van der Waals surface area contributed by atoms with Gasteiger partial charge < -0.3 is 14.8 Å². The number of aliphatic hydroxyl groups is 1. The van der Waals surface area contributed by atoms with Crippen LogP contribution >= 0.6 is 0 Å². The third kappa shape index (κ3) is 3.61. The van der Waals surface area contributed by atoms with Gasteiger partial charge in [-0.05, 0) is 32.7 Å². The van der Waals surface area contributed by atoms with Crippen LogP contribution in [0.1, 0.15) is 38.3 Å². The second-order valence-corrected chi connectivity index (χ2v) is 5.60. The monoisotopic (exact) mass is 280 g/mol. The molecular formula is C15H24N2O3. The maximum atomic E-state index is 11.7. The molecule has 0 radical (unpaired) electrons. The summed E-state index contributed by atoms with van der Waals surface area (Å²) in [6.07, 6.45) is 5.76. The molecule has 0 saturated carbocycles. The Balaban J connectivity index is 2.19. The molecule has 0 amide bonds. The van der Waals surface area contributed by atoms with Crippen LogP contribution in [-0.4, -0.2) is 38.9 Å². The van der Waals surface area contributed by atoms with Gasteiger partial charge >= 0.3 is 0 Å². The molecule has 1 fully saturated rings. The number of likely N-dealkylation sites (tertiary alicyclic amines) is 1. The molecule has 2 rings (SSSR count). The summed E-state index contributed by atoms with van der Waals surface area (Å²) in [4.78, 5) is 14.0. The van der Waals surface area contributed by atoms with Gasteiger partial charge in [0.15, 0.2) is 5.75 Å². The van der Waals surface area contributed by atoms with E-state index in [4.69, 9.17) is 5.11 Å². The Morgan fingerprint density at radius 1 is 1.40 bits per heavy atom. The zero-order valence-corrected chi connectivity index (χ0v) is 12.1. The lowest BCUT2D eigenvalue weighted by Crippen LogP contribution is -2.37. The van der Waals surface area contributed by atoms with Gasteiger partial charge in [0.25, 0.3) is 0 Å². The number of aromatic nitrogens is 1. The fourth-order valence-electron chi connectivity index (χ4n) is 2.79. The van der Waals surface area contributed by atoms with Gasteiger partial charge in [-0.25, -0.2) is 0 Å². The third-order valence-corrected chi connectivity index (χ3v) is 4.06. The topological polar surface area (TPSA) is 65.7 Å². The van der Waals surface area contributed by atoms with E-state index in [0.717, 1.165) is 18.8 Å². The molecule has 1 aliphatic rings. The standard InChI is InChI=1S/C15H24N2O3/c1-12-5-2-3-6-16(12)10-13-9-14(19)15(20)11-17(13)7-4-8-18/h9,11-12,18,20H,2-8,10H2,1H3. The van der Waals surface area contributed by atoms with E-state index in [1.54, 1.807) is 0 Å². The van der Waals surface area contributed by atoms with Crippen molar-refractivity contribution in [2.24, 2.45) is 0 Å². The molecule has 0 bridgehead atoms. The fraction of sp³-hybridized carbons (Fsp3) is 0.667. The van der Waals surface area contributed by atoms with Crippen molar-refractivity contribution in [3.8, 4) is 5.75 Å². The van der Waals surface area contributed by atoms with Crippen molar-refractivity contribution in [3.05, 3.63) is 28.2 Å². The molecule has 20 heavy (non-hydrogen) atoms. The lowest BCUT2D eigenvalue weighted by Gasteiger charge is -2.33. The molecule has 1 saturated heterocycles. The zero-order valence-electron chi connectivity index (χ0n) is 12.1. The van der Waals surface area contributed by atoms with Crippen molar-refractivity contribution in [1.82, 2.24) is 9.47 Å². The van der Waals surface area contributed by atoms with Crippen LogP contribution in [0.5, 0.6) is 5.75 Å². The first kappa shape index (κ1) is 15.1. The van der Waals surface area contributed by atoms with Crippen molar-refractivity contribution >= 4 is 0 Å². The highest BCUT2D eigenvalue weighted by Crippen LogP contribution is 2.19. The van der Waals surface area contributed by atoms with Gasteiger partial charge in [-0.2, -0.15) is 0 Å². The highest BCUT2D eigenvalue weighted by molar-refractivity contribution is 5.20. The average molecular weight is 280 g/mol. The smallest absolute Gasteiger partial charge is 0.223 e. The van der Waals surface area contributed by atoms with Crippen LogP contribution in [-0.2, 0) is 13.1 Å². The van der Waals surface area contributed by atoms with E-state index < -0.39 is 0 Å². The van der Waals surface area contributed by atoms with E-state index in [-0.39, 0.29) is 17.8 Å². The number of pyridine rings is 1. The highest BCUT2D eigenvalue weighted by Gasteiger charge is 2.19. The summed E-state index contributed by atoms with van der Waals surface area (Å²) in [6, 6.07) is 2.05. The maximum absolute atomic E-state index is 11.7. The Morgan fingerprint density at radius 2 is 2.20 bits per heavy atom. The molecule has 0 aliphatic carbocycles. The summed E-state index contributed by atoms with van der Waals surface area (Å²) < 4.78 is 1.88. The molecule has 5 heteroatoms. The van der Waals surface area contributed by atoms with Gasteiger partial charge in [0.2, 0.25) is 5.43 Å². The second kappa shape index (κ2) is 6.90. The molecule has 1 unspecified atom stereocenters. The van der Waals surface area contributed by atoms with E-state index in [9.17, 15) is 9.90 Å². The first-order valence-corrected chi connectivity index (χ1v) is 7.39. The van der Waals surface area contributed by atoms with Crippen LogP contribution in [0.4, 0.5) is 0 Å². The average Bonchev–Trinajstić information content (AvgIpc) is 2.43. The van der Waals surface area contributed by atoms with Gasteiger partial charge in [-0.15, -0.1) is 0 Å². The number of nitrogens with zero attached hydrogens (tertiary/aromatic N) is 2. The zero-order chi connectivity index (χ0) is 14.5. The minimum Gasteiger partial charge on any atom is -0.503 e. The molecule has 1 aliphatic heterocycles. The van der Waals surface area contributed by atoms with Gasteiger partial charge in [-0.3, -0.25) is 9.69 Å². The van der Waals surface area contributed by atoms with Crippen molar-refractivity contribution in [2.75, 3.05) is 13.2 Å². The number of aromatic hydroxyl groups is 1. The fourth-order valence-corrected chi connectivity index (χ4v) is 2.79. The van der Waals surface area contributed by atoms with E-state index >= 15 is 0 Å². The first-order valence-electron chi connectivity index (χ1n) is 7.39. The summed E-state index contributed by atoms with van der Waals surface area (Å²) in [5.74, 6) is -0.224. The van der Waals surface area contributed by atoms with Crippen molar-refractivity contribution in [3.63, 3.8) is 0 Å². The van der Waals surface area contributed by atoms with E-state index in [1.807, 2.05) is 4.57 Å². The van der Waals surface area contributed by atoms with Crippen LogP contribution in [0.3, 0.4) is 0 Å². The Hall–Kier alpha value is -1.33. The predicted molar refractivity (Wildman–Crippen MR) is 77.8 cm³/mol. The molecule has 1 aromatic rings. The minimum absolute atomic E-state index is 0.104. The van der Waals surface area contributed by atoms with Crippen molar-refractivity contribution in [2.45, 2.75) is 51.7 Å². The van der Waals surface area contributed by atoms with E-state index in [0.29, 0.717) is 19.0 Å². The number of piperidine rings is 1. The third-order valence-electron chi connectivity index (χ3n) is 4.06. The summed E-state index contributed by atoms with van der Waals surface area (Å²) in [7, 11) is 0. The molecule has 2 N–H and O–H groups in total. The normalized spacial score (nSPS) is 20.2. The number of hydrogen-bond acceptors (Lipinski definition) is 4. The highest BCUT2D eigenvalue weighted by atomic mass is 16.3. The molecular weight excluding hydrogens is 256 g/mol. The maximum Gasteiger partial charge on any atom is 0.223 e.